The van der Waals surface area contributed by atoms with Gasteiger partial charge >= 0.3 is 5.97 Å². The number of aromatic nitrogens is 2. The molecule has 114 valence electrons. The Bertz CT molecular complexity index is 566. The fraction of sp³-hybridized carbons (Fsp3) is 0.600. The van der Waals surface area contributed by atoms with Gasteiger partial charge in [-0.2, -0.15) is 10.4 Å². The Labute approximate surface area is 125 Å². The van der Waals surface area contributed by atoms with Crippen LogP contribution in [0.4, 0.5) is 5.82 Å². The minimum absolute atomic E-state index is 0.205. The smallest absolute Gasteiger partial charge is 0.311 e. The van der Waals surface area contributed by atoms with Gasteiger partial charge in [-0.1, -0.05) is 20.8 Å². The van der Waals surface area contributed by atoms with Crippen molar-refractivity contribution in [3.05, 3.63) is 16.8 Å². The summed E-state index contributed by atoms with van der Waals surface area (Å²) < 4.78 is 0. The van der Waals surface area contributed by atoms with Gasteiger partial charge in [-0.3, -0.25) is 4.79 Å². The molecule has 6 nitrogen and oxygen atoms in total. The molecule has 1 unspecified atom stereocenters. The molecule has 0 spiro atoms. The number of hydrogen-bond acceptors (Lipinski definition) is 5. The molecule has 0 aliphatic rings. The highest BCUT2D eigenvalue weighted by molar-refractivity contribution is 5.75. The predicted octanol–water partition coefficient (Wildman–Crippen LogP) is 2.39. The summed E-state index contributed by atoms with van der Waals surface area (Å²) in [7, 11) is 0. The molecule has 21 heavy (non-hydrogen) atoms. The maximum atomic E-state index is 11.3. The predicted molar refractivity (Wildman–Crippen MR) is 80.0 cm³/mol. The van der Waals surface area contributed by atoms with Crippen molar-refractivity contribution in [2.24, 2.45) is 5.41 Å². The maximum Gasteiger partial charge on any atom is 0.311 e. The Morgan fingerprint density at radius 3 is 2.43 bits per heavy atom. The number of nitriles is 1. The van der Waals surface area contributed by atoms with Gasteiger partial charge in [-0.25, -0.2) is 0 Å². The van der Waals surface area contributed by atoms with E-state index in [0.29, 0.717) is 30.6 Å². The Morgan fingerprint density at radius 2 is 2.00 bits per heavy atom. The molecule has 0 saturated heterocycles. The fourth-order valence-electron chi connectivity index (χ4n) is 2.05. The van der Waals surface area contributed by atoms with Gasteiger partial charge in [-0.15, -0.1) is 5.10 Å². The standard InChI is InChI=1S/C15H22N4O2/c1-5-10-11(8-16)13(19-18-12(10)6-2)17-9-15(4,7-3)14(20)21/h5-7,9H2,1-4H3,(H,17,19)(H,20,21). The molecule has 1 aromatic rings. The van der Waals surface area contributed by atoms with Gasteiger partial charge in [0.05, 0.1) is 11.1 Å². The zero-order valence-electron chi connectivity index (χ0n) is 13.0. The highest BCUT2D eigenvalue weighted by Crippen LogP contribution is 2.24. The van der Waals surface area contributed by atoms with Crippen molar-refractivity contribution in [2.75, 3.05) is 11.9 Å². The molecule has 0 aromatic carbocycles. The number of nitrogens with zero attached hydrogens (tertiary/aromatic N) is 3. The number of aliphatic carboxylic acids is 1. The molecular weight excluding hydrogens is 268 g/mol. The maximum absolute atomic E-state index is 11.3. The van der Waals surface area contributed by atoms with Gasteiger partial charge in [0, 0.05) is 6.54 Å². The second-order valence-electron chi connectivity index (χ2n) is 5.24. The van der Waals surface area contributed by atoms with Crippen LogP contribution in [-0.4, -0.2) is 27.8 Å². The lowest BCUT2D eigenvalue weighted by Gasteiger charge is -2.24. The first-order valence-electron chi connectivity index (χ1n) is 7.19. The minimum Gasteiger partial charge on any atom is -0.481 e. The van der Waals surface area contributed by atoms with Crippen LogP contribution >= 0.6 is 0 Å². The van der Waals surface area contributed by atoms with E-state index in [1.54, 1.807) is 6.92 Å². The summed E-state index contributed by atoms with van der Waals surface area (Å²) >= 11 is 0. The minimum atomic E-state index is -0.899. The van der Waals surface area contributed by atoms with Gasteiger partial charge < -0.3 is 10.4 Å². The normalized spacial score (nSPS) is 13.3. The SMILES string of the molecule is CCc1nnc(NCC(C)(CC)C(=O)O)c(C#N)c1CC. The van der Waals surface area contributed by atoms with Crippen LogP contribution in [0, 0.1) is 16.7 Å². The molecule has 6 heteroatoms. The Hall–Kier alpha value is -2.16. The van der Waals surface area contributed by atoms with Crippen molar-refractivity contribution in [3.63, 3.8) is 0 Å². The molecule has 1 heterocycles. The van der Waals surface area contributed by atoms with Crippen molar-refractivity contribution < 1.29 is 9.90 Å². The van der Waals surface area contributed by atoms with E-state index in [-0.39, 0.29) is 6.54 Å². The lowest BCUT2D eigenvalue weighted by atomic mass is 9.87. The summed E-state index contributed by atoms with van der Waals surface area (Å²) in [5.74, 6) is -0.502. The monoisotopic (exact) mass is 290 g/mol. The van der Waals surface area contributed by atoms with Crippen LogP contribution in [0.2, 0.25) is 0 Å². The van der Waals surface area contributed by atoms with E-state index >= 15 is 0 Å². The molecule has 0 aliphatic carbocycles. The summed E-state index contributed by atoms with van der Waals surface area (Å²) in [5.41, 5.74) is 1.26. The van der Waals surface area contributed by atoms with E-state index in [1.165, 1.54) is 0 Å². The number of carboxylic acids is 1. The quantitative estimate of drug-likeness (QED) is 0.800. The van der Waals surface area contributed by atoms with Gasteiger partial charge in [0.25, 0.3) is 0 Å². The van der Waals surface area contributed by atoms with E-state index in [2.05, 4.69) is 21.6 Å². The summed E-state index contributed by atoms with van der Waals surface area (Å²) in [5, 5.41) is 29.8. The second-order valence-corrected chi connectivity index (χ2v) is 5.24. The molecular formula is C15H22N4O2. The summed E-state index contributed by atoms with van der Waals surface area (Å²) in [4.78, 5) is 11.3. The molecule has 0 fully saturated rings. The summed E-state index contributed by atoms with van der Waals surface area (Å²) in [6.07, 6.45) is 1.89. The van der Waals surface area contributed by atoms with E-state index in [4.69, 9.17) is 0 Å². The Balaban J connectivity index is 3.10. The fourth-order valence-corrected chi connectivity index (χ4v) is 2.05. The number of rotatable bonds is 7. The highest BCUT2D eigenvalue weighted by atomic mass is 16.4. The van der Waals surface area contributed by atoms with Crippen molar-refractivity contribution in [3.8, 4) is 6.07 Å². The largest absolute Gasteiger partial charge is 0.481 e. The molecule has 0 saturated carbocycles. The number of hydrogen-bond donors (Lipinski definition) is 2. The van der Waals surface area contributed by atoms with E-state index in [1.807, 2.05) is 20.8 Å². The van der Waals surface area contributed by atoms with Crippen LogP contribution in [0.1, 0.15) is 50.9 Å². The summed E-state index contributed by atoms with van der Waals surface area (Å²) in [6, 6.07) is 2.16. The third kappa shape index (κ3) is 3.48. The molecule has 0 radical (unpaired) electrons. The number of anilines is 1. The Kier molecular flexibility index (Phi) is 5.65. The average molecular weight is 290 g/mol. The molecule has 0 bridgehead atoms. The van der Waals surface area contributed by atoms with E-state index < -0.39 is 11.4 Å². The highest BCUT2D eigenvalue weighted by Gasteiger charge is 2.31. The number of nitrogens with one attached hydrogen (secondary N) is 1. The van der Waals surface area contributed by atoms with Crippen LogP contribution in [0.15, 0.2) is 0 Å². The van der Waals surface area contributed by atoms with Gasteiger partial charge in [0.15, 0.2) is 5.82 Å². The van der Waals surface area contributed by atoms with Crippen LogP contribution in [0.25, 0.3) is 0 Å². The Morgan fingerprint density at radius 1 is 1.33 bits per heavy atom. The van der Waals surface area contributed by atoms with Crippen LogP contribution in [0.5, 0.6) is 0 Å². The average Bonchev–Trinajstić information content (AvgIpc) is 2.50. The first-order chi connectivity index (χ1) is 9.93. The zero-order valence-corrected chi connectivity index (χ0v) is 13.0. The molecule has 1 rings (SSSR count). The first-order valence-corrected chi connectivity index (χ1v) is 7.19. The van der Waals surface area contributed by atoms with Crippen molar-refractivity contribution in [1.82, 2.24) is 10.2 Å². The number of carbonyl (C=O) groups is 1. The van der Waals surface area contributed by atoms with Crippen LogP contribution < -0.4 is 5.32 Å². The van der Waals surface area contributed by atoms with E-state index in [9.17, 15) is 15.2 Å². The van der Waals surface area contributed by atoms with Gasteiger partial charge in [0.2, 0.25) is 0 Å². The molecule has 1 aromatic heterocycles. The van der Waals surface area contributed by atoms with Crippen LogP contribution in [0.3, 0.4) is 0 Å². The van der Waals surface area contributed by atoms with Crippen molar-refractivity contribution in [1.29, 1.82) is 5.26 Å². The molecule has 1 atom stereocenters. The zero-order chi connectivity index (χ0) is 16.0. The molecule has 2 N–H and O–H groups in total. The lowest BCUT2D eigenvalue weighted by Crippen LogP contribution is -2.34. The molecule has 0 aliphatic heterocycles. The van der Waals surface area contributed by atoms with Crippen LogP contribution in [-0.2, 0) is 17.6 Å². The lowest BCUT2D eigenvalue weighted by molar-refractivity contribution is -0.147. The topological polar surface area (TPSA) is 98.9 Å². The summed E-state index contributed by atoms with van der Waals surface area (Å²) in [6.45, 7) is 7.63. The molecule has 0 amide bonds. The van der Waals surface area contributed by atoms with Crippen molar-refractivity contribution >= 4 is 11.8 Å². The van der Waals surface area contributed by atoms with Gasteiger partial charge in [-0.05, 0) is 31.7 Å². The first kappa shape index (κ1) is 16.9. The second kappa shape index (κ2) is 7.02. The van der Waals surface area contributed by atoms with E-state index in [0.717, 1.165) is 11.3 Å². The van der Waals surface area contributed by atoms with Gasteiger partial charge in [0.1, 0.15) is 11.6 Å². The number of aryl methyl sites for hydroxylation is 1. The third-order valence-corrected chi connectivity index (χ3v) is 3.90. The number of carboxylic acid groups (broad SMARTS) is 1. The third-order valence-electron chi connectivity index (χ3n) is 3.90. The van der Waals surface area contributed by atoms with Crippen molar-refractivity contribution in [2.45, 2.75) is 47.0 Å².